The van der Waals surface area contributed by atoms with Gasteiger partial charge in [0.1, 0.15) is 0 Å². The molecule has 2 fully saturated rings. The fraction of sp³-hybridized carbons (Fsp3) is 0.650. The Morgan fingerprint density at radius 3 is 2.71 bits per heavy atom. The van der Waals surface area contributed by atoms with Crippen LogP contribution >= 0.6 is 0 Å². The molecule has 1 aromatic carbocycles. The molecule has 8 heteroatoms. The largest absolute Gasteiger partial charge is 0.504 e. The first-order valence-corrected chi connectivity index (χ1v) is 18.4. The summed E-state index contributed by atoms with van der Waals surface area (Å²) in [5, 5.41) is 21.7. The lowest BCUT2D eigenvalue weighted by atomic mass is 9.58. The first kappa shape index (κ1) is 36.0. The van der Waals surface area contributed by atoms with Crippen molar-refractivity contribution in [1.82, 2.24) is 0 Å². The predicted molar refractivity (Wildman–Crippen MR) is 191 cm³/mol. The molecule has 48 heavy (non-hydrogen) atoms. The monoisotopic (exact) mass is 659 g/mol. The fourth-order valence-electron chi connectivity index (χ4n) is 8.74. The lowest BCUT2D eigenvalue weighted by Gasteiger charge is -2.47. The van der Waals surface area contributed by atoms with Gasteiger partial charge in [-0.2, -0.15) is 0 Å². The van der Waals surface area contributed by atoms with Gasteiger partial charge in [0.15, 0.2) is 23.2 Å². The maximum absolute atomic E-state index is 13.2. The Bertz CT molecular complexity index is 1430. The van der Waals surface area contributed by atoms with Crippen LogP contribution < -0.4 is 16.2 Å². The molecule has 2 bridgehead atoms. The standard InChI is InChI=1S/C40H57N3O5/c1-4-26(18-19-44)13-16-31(45)17-15-28-23-36(48-32-9-5-6-10-32)39(46)38-33(28)11-7-8-30(43-40(41)42)22-29-21-27-14-12-25(2)20-34(27)37(38)35(29)24-47-3/h13,16,21,23,25-26,29-30,32,34-35,37,44,46H,4-6,8-10,12,14-15,17-20,22,24H2,1-3H3,(H4,41,42,43)/b16-13+/t25-,26-,29-,30+,34-,35-,37+/m1/s1. The van der Waals surface area contributed by atoms with E-state index in [1.165, 1.54) is 5.57 Å². The molecule has 1 aromatic rings. The van der Waals surface area contributed by atoms with Crippen molar-refractivity contribution < 1.29 is 24.5 Å². The molecule has 6 N–H and O–H groups in total. The molecular weight excluding hydrogens is 602 g/mol. The molecule has 0 unspecified atom stereocenters. The van der Waals surface area contributed by atoms with Crippen LogP contribution in [-0.2, 0) is 16.0 Å². The number of aryl methyl sites for hydroxylation is 1. The summed E-state index contributed by atoms with van der Waals surface area (Å²) >= 11 is 0. The Labute approximate surface area is 287 Å². The van der Waals surface area contributed by atoms with E-state index in [1.807, 2.05) is 12.1 Å². The minimum atomic E-state index is -0.163. The number of carbonyl (C=O) groups excluding carboxylic acids is 1. The number of allylic oxidation sites excluding steroid dienone is 4. The fourth-order valence-corrected chi connectivity index (χ4v) is 8.74. The highest BCUT2D eigenvalue weighted by Gasteiger charge is 2.46. The zero-order chi connectivity index (χ0) is 34.2. The number of hydrogen-bond acceptors (Lipinski definition) is 6. The number of aliphatic hydroxyl groups is 1. The third-order valence-corrected chi connectivity index (χ3v) is 11.3. The number of nitrogens with two attached hydrogens (primary N) is 2. The third kappa shape index (κ3) is 8.65. The van der Waals surface area contributed by atoms with Crippen LogP contribution in [0.5, 0.6) is 11.5 Å². The van der Waals surface area contributed by atoms with Gasteiger partial charge in [-0.3, -0.25) is 4.79 Å². The van der Waals surface area contributed by atoms with Crippen molar-refractivity contribution in [3.05, 3.63) is 46.6 Å². The van der Waals surface area contributed by atoms with Gasteiger partial charge in [-0.05, 0) is 118 Å². The number of fused-ring (bicyclic) bond motifs is 6. The molecule has 0 aromatic heterocycles. The summed E-state index contributed by atoms with van der Waals surface area (Å²) in [5.74, 6) is 8.88. The van der Waals surface area contributed by atoms with Crippen molar-refractivity contribution >= 4 is 11.7 Å². The number of hydrogen-bond donors (Lipinski definition) is 4. The van der Waals surface area contributed by atoms with Gasteiger partial charge in [0.05, 0.1) is 18.8 Å². The van der Waals surface area contributed by atoms with E-state index in [9.17, 15) is 15.0 Å². The molecule has 0 radical (unpaired) electrons. The van der Waals surface area contributed by atoms with Crippen LogP contribution in [0.4, 0.5) is 0 Å². The number of nitrogens with zero attached hydrogens (tertiary/aromatic N) is 1. The minimum absolute atomic E-state index is 0.0356. The smallest absolute Gasteiger partial charge is 0.186 e. The molecule has 5 rings (SSSR count). The van der Waals surface area contributed by atoms with Crippen molar-refractivity contribution in [3.8, 4) is 23.3 Å². The van der Waals surface area contributed by atoms with E-state index in [1.54, 1.807) is 13.2 Å². The molecule has 0 aliphatic heterocycles. The third-order valence-electron chi connectivity index (χ3n) is 11.3. The van der Waals surface area contributed by atoms with Gasteiger partial charge in [0.25, 0.3) is 0 Å². The second-order valence-electron chi connectivity index (χ2n) is 14.7. The molecule has 8 nitrogen and oxygen atoms in total. The molecule has 4 aliphatic rings. The summed E-state index contributed by atoms with van der Waals surface area (Å²) in [6.45, 7) is 5.03. The normalized spacial score (nSPS) is 27.6. The molecule has 4 aliphatic carbocycles. The van der Waals surface area contributed by atoms with E-state index in [4.69, 9.17) is 20.9 Å². The Hall–Kier alpha value is -3.28. The minimum Gasteiger partial charge on any atom is -0.504 e. The van der Waals surface area contributed by atoms with Gasteiger partial charge in [-0.15, -0.1) is 0 Å². The lowest BCUT2D eigenvalue weighted by molar-refractivity contribution is -0.114. The average molecular weight is 660 g/mol. The van der Waals surface area contributed by atoms with E-state index in [-0.39, 0.29) is 65.8 Å². The summed E-state index contributed by atoms with van der Waals surface area (Å²) in [6.07, 6.45) is 17.1. The van der Waals surface area contributed by atoms with Crippen molar-refractivity contribution in [1.29, 1.82) is 0 Å². The number of carbonyl (C=O) groups is 1. The van der Waals surface area contributed by atoms with Crippen LogP contribution in [0.25, 0.3) is 0 Å². The summed E-state index contributed by atoms with van der Waals surface area (Å²) in [7, 11) is 1.75. The van der Waals surface area contributed by atoms with Crippen LogP contribution in [0.3, 0.4) is 0 Å². The van der Waals surface area contributed by atoms with Crippen molar-refractivity contribution in [3.63, 3.8) is 0 Å². The molecule has 2 saturated carbocycles. The summed E-state index contributed by atoms with van der Waals surface area (Å²) in [5.41, 5.74) is 15.9. The van der Waals surface area contributed by atoms with Crippen molar-refractivity contribution in [2.24, 2.45) is 46.0 Å². The topological polar surface area (TPSA) is 140 Å². The highest BCUT2D eigenvalue weighted by molar-refractivity contribution is 5.89. The number of guanidine groups is 1. The number of methoxy groups -OCH3 is 1. The maximum atomic E-state index is 13.2. The van der Waals surface area contributed by atoms with Crippen molar-refractivity contribution in [2.75, 3.05) is 20.3 Å². The van der Waals surface area contributed by atoms with E-state index >= 15 is 0 Å². The number of aliphatic imine (C=N–C) groups is 1. The van der Waals surface area contributed by atoms with Crippen LogP contribution in [0, 0.1) is 41.4 Å². The summed E-state index contributed by atoms with van der Waals surface area (Å²) in [6, 6.07) is 1.79. The van der Waals surface area contributed by atoms with Crippen LogP contribution in [-0.4, -0.2) is 54.4 Å². The first-order chi connectivity index (χ1) is 23.2. The van der Waals surface area contributed by atoms with Gasteiger partial charge in [0, 0.05) is 43.6 Å². The molecule has 0 amide bonds. The number of aromatic hydroxyl groups is 1. The first-order valence-electron chi connectivity index (χ1n) is 18.4. The number of aliphatic hydroxyl groups excluding tert-OH is 1. The highest BCUT2D eigenvalue weighted by atomic mass is 16.5. The van der Waals surface area contributed by atoms with E-state index in [0.717, 1.165) is 74.5 Å². The van der Waals surface area contributed by atoms with E-state index < -0.39 is 0 Å². The van der Waals surface area contributed by atoms with Gasteiger partial charge in [-0.25, -0.2) is 4.99 Å². The second kappa shape index (κ2) is 16.9. The summed E-state index contributed by atoms with van der Waals surface area (Å²) in [4.78, 5) is 17.8. The van der Waals surface area contributed by atoms with Gasteiger partial charge < -0.3 is 31.2 Å². The molecular formula is C40H57N3O5. The zero-order valence-corrected chi connectivity index (χ0v) is 29.3. The molecule has 262 valence electrons. The molecule has 0 heterocycles. The molecule has 0 saturated heterocycles. The van der Waals surface area contributed by atoms with E-state index in [0.29, 0.717) is 44.0 Å². The number of ketones is 1. The van der Waals surface area contributed by atoms with E-state index in [2.05, 4.69) is 36.8 Å². The molecule has 7 atom stereocenters. The number of phenolic OH excluding ortho intramolecular Hbond substituents is 1. The predicted octanol–water partition coefficient (Wildman–Crippen LogP) is 6.31. The van der Waals surface area contributed by atoms with Gasteiger partial charge in [-0.1, -0.05) is 43.4 Å². The number of ether oxygens (including phenoxy) is 2. The molecule has 0 spiro atoms. The van der Waals surface area contributed by atoms with Crippen molar-refractivity contribution in [2.45, 2.75) is 115 Å². The number of benzene rings is 1. The van der Waals surface area contributed by atoms with Crippen LogP contribution in [0.15, 0.2) is 34.9 Å². The lowest BCUT2D eigenvalue weighted by Crippen LogP contribution is -2.39. The average Bonchev–Trinajstić information content (AvgIpc) is 3.57. The Morgan fingerprint density at radius 2 is 2.00 bits per heavy atom. The van der Waals surface area contributed by atoms with Crippen LogP contribution in [0.2, 0.25) is 0 Å². The number of rotatable bonds is 13. The highest BCUT2D eigenvalue weighted by Crippen LogP contribution is 2.56. The number of phenols is 1. The zero-order valence-electron chi connectivity index (χ0n) is 29.3. The Kier molecular flexibility index (Phi) is 12.7. The van der Waals surface area contributed by atoms with Gasteiger partial charge in [0.2, 0.25) is 0 Å². The van der Waals surface area contributed by atoms with Crippen LogP contribution in [0.1, 0.15) is 114 Å². The second-order valence-corrected chi connectivity index (χ2v) is 14.7. The quantitative estimate of drug-likeness (QED) is 0.0640. The van der Waals surface area contributed by atoms with Gasteiger partial charge >= 0.3 is 0 Å². The Morgan fingerprint density at radius 1 is 1.21 bits per heavy atom. The Balaban J connectivity index is 1.66. The maximum Gasteiger partial charge on any atom is 0.186 e. The summed E-state index contributed by atoms with van der Waals surface area (Å²) < 4.78 is 12.6. The SMILES string of the molecule is CC[C@H](/C=C/C(=O)CCc1cc(OC2CCCC2)c(O)c2c1C#CC[C@H](N=C(N)N)C[C@H]1C=C3CC[C@@H](C)C[C@H]3[C@H]2[C@@H]1COC)CCO.